The van der Waals surface area contributed by atoms with Crippen molar-refractivity contribution in [2.24, 2.45) is 0 Å². The Morgan fingerprint density at radius 2 is 2.00 bits per heavy atom. The van der Waals surface area contributed by atoms with E-state index in [4.69, 9.17) is 9.52 Å². The average molecular weight is 219 g/mol. The molecule has 1 aromatic carbocycles. The van der Waals surface area contributed by atoms with E-state index in [-0.39, 0.29) is 0 Å². The number of benzene rings is 1. The van der Waals surface area contributed by atoms with Crippen LogP contribution in [0.4, 0.5) is 0 Å². The number of fused-ring (bicyclic) bond motifs is 1. The number of para-hydroxylation sites is 2. The van der Waals surface area contributed by atoms with Crippen LogP contribution in [-0.4, -0.2) is 10.1 Å². The largest absolute Gasteiger partial charge is 0.499 e. The first kappa shape index (κ1) is 9.73. The second-order valence-electron chi connectivity index (χ2n) is 2.77. The van der Waals surface area contributed by atoms with Crippen LogP contribution in [0.15, 0.2) is 52.6 Å². The van der Waals surface area contributed by atoms with Crippen molar-refractivity contribution < 1.29 is 9.52 Å². The fraction of sp³-hybridized carbons (Fsp3) is 0. The molecule has 0 aliphatic carbocycles. The van der Waals surface area contributed by atoms with Gasteiger partial charge in [-0.25, -0.2) is 4.98 Å². The van der Waals surface area contributed by atoms with Gasteiger partial charge in [0, 0.05) is 0 Å². The van der Waals surface area contributed by atoms with Crippen LogP contribution in [-0.2, 0) is 0 Å². The van der Waals surface area contributed by atoms with Crippen LogP contribution in [0.1, 0.15) is 0 Å². The first-order valence-corrected chi connectivity index (χ1v) is 5.25. The van der Waals surface area contributed by atoms with Crippen molar-refractivity contribution in [3.63, 3.8) is 0 Å². The molecular weight excluding hydrogens is 210 g/mol. The molecule has 1 N–H and O–H groups in total. The second kappa shape index (κ2) is 4.61. The van der Waals surface area contributed by atoms with Crippen LogP contribution in [0, 0.1) is 0 Å². The van der Waals surface area contributed by atoms with Crippen LogP contribution in [0.2, 0.25) is 0 Å². The van der Waals surface area contributed by atoms with E-state index in [1.807, 2.05) is 29.6 Å². The first-order chi connectivity index (χ1) is 7.36. The van der Waals surface area contributed by atoms with Crippen LogP contribution < -0.4 is 0 Å². The zero-order valence-corrected chi connectivity index (χ0v) is 8.65. The summed E-state index contributed by atoms with van der Waals surface area (Å²) in [5, 5.41) is 10.7. The number of nitrogens with zero attached hydrogens (tertiary/aromatic N) is 1. The van der Waals surface area contributed by atoms with Gasteiger partial charge in [-0.3, -0.25) is 0 Å². The van der Waals surface area contributed by atoms with Gasteiger partial charge in [0.2, 0.25) is 0 Å². The zero-order chi connectivity index (χ0) is 10.5. The van der Waals surface area contributed by atoms with Crippen LogP contribution >= 0.6 is 11.3 Å². The molecule has 3 nitrogen and oxygen atoms in total. The van der Waals surface area contributed by atoms with Crippen molar-refractivity contribution in [3.05, 3.63) is 48.2 Å². The number of hydrogen-bond donors (Lipinski definition) is 1. The molecule has 0 aliphatic heterocycles. The van der Waals surface area contributed by atoms with E-state index in [2.05, 4.69) is 4.98 Å². The summed E-state index contributed by atoms with van der Waals surface area (Å²) in [4.78, 5) is 3.95. The number of aromatic nitrogens is 1. The standard InChI is InChI=1S/C7H5NO.C4H4OS/c1-2-4-7-6(3-1)8-5-9-7;5-4-2-1-3-6-4/h1-5H;1-3,5H. The molecule has 15 heavy (non-hydrogen) atoms. The van der Waals surface area contributed by atoms with Crippen LogP contribution in [0.5, 0.6) is 5.06 Å². The molecule has 0 fully saturated rings. The molecule has 0 aliphatic rings. The normalized spacial score (nSPS) is 9.60. The summed E-state index contributed by atoms with van der Waals surface area (Å²) in [6, 6.07) is 11.1. The maximum Gasteiger partial charge on any atom is 0.181 e. The molecule has 0 radical (unpaired) electrons. The topological polar surface area (TPSA) is 46.3 Å². The Labute approximate surface area is 90.6 Å². The lowest BCUT2D eigenvalue weighted by molar-refractivity contribution is 0.491. The molecule has 0 saturated heterocycles. The molecule has 0 saturated carbocycles. The van der Waals surface area contributed by atoms with E-state index in [9.17, 15) is 0 Å². The van der Waals surface area contributed by atoms with Crippen molar-refractivity contribution in [1.82, 2.24) is 4.98 Å². The van der Waals surface area contributed by atoms with Gasteiger partial charge >= 0.3 is 0 Å². The molecule has 76 valence electrons. The van der Waals surface area contributed by atoms with Gasteiger partial charge in [0.25, 0.3) is 0 Å². The molecule has 2 heterocycles. The number of aromatic hydroxyl groups is 1. The smallest absolute Gasteiger partial charge is 0.181 e. The summed E-state index contributed by atoms with van der Waals surface area (Å²) in [5.74, 6) is 0. The summed E-state index contributed by atoms with van der Waals surface area (Å²) < 4.78 is 5.01. The molecular formula is C11H9NO2S. The Hall–Kier alpha value is -1.81. The lowest BCUT2D eigenvalue weighted by Gasteiger charge is -1.79. The Bertz CT molecular complexity index is 486. The fourth-order valence-corrected chi connectivity index (χ4v) is 1.53. The highest BCUT2D eigenvalue weighted by Gasteiger charge is 1.91. The highest BCUT2D eigenvalue weighted by molar-refractivity contribution is 7.11. The van der Waals surface area contributed by atoms with Crippen molar-refractivity contribution in [1.29, 1.82) is 0 Å². The Balaban J connectivity index is 0.000000124. The van der Waals surface area contributed by atoms with Crippen molar-refractivity contribution in [2.45, 2.75) is 0 Å². The third-order valence-corrected chi connectivity index (χ3v) is 2.41. The van der Waals surface area contributed by atoms with Gasteiger partial charge in [0.1, 0.15) is 5.52 Å². The average Bonchev–Trinajstić information content (AvgIpc) is 2.88. The second-order valence-corrected chi connectivity index (χ2v) is 3.70. The molecule has 0 unspecified atom stereocenters. The van der Waals surface area contributed by atoms with Gasteiger partial charge in [-0.15, -0.1) is 11.3 Å². The first-order valence-electron chi connectivity index (χ1n) is 4.37. The number of hydrogen-bond acceptors (Lipinski definition) is 4. The predicted molar refractivity (Wildman–Crippen MR) is 60.0 cm³/mol. The van der Waals surface area contributed by atoms with Gasteiger partial charge in [0.05, 0.1) is 0 Å². The molecule has 2 aromatic heterocycles. The van der Waals surface area contributed by atoms with E-state index < -0.39 is 0 Å². The van der Waals surface area contributed by atoms with Crippen molar-refractivity contribution in [2.75, 3.05) is 0 Å². The summed E-state index contributed by atoms with van der Waals surface area (Å²) in [6.07, 6.45) is 1.45. The molecule has 4 heteroatoms. The van der Waals surface area contributed by atoms with Crippen LogP contribution in [0.25, 0.3) is 11.1 Å². The van der Waals surface area contributed by atoms with E-state index in [1.54, 1.807) is 12.1 Å². The molecule has 3 aromatic rings. The third kappa shape index (κ3) is 2.57. The Morgan fingerprint density at radius 1 is 1.13 bits per heavy atom. The molecule has 0 spiro atoms. The third-order valence-electron chi connectivity index (χ3n) is 1.74. The summed E-state index contributed by atoms with van der Waals surface area (Å²) in [6.45, 7) is 0. The number of rotatable bonds is 0. The summed E-state index contributed by atoms with van der Waals surface area (Å²) in [5.41, 5.74) is 1.76. The predicted octanol–water partition coefficient (Wildman–Crippen LogP) is 3.28. The van der Waals surface area contributed by atoms with Gasteiger partial charge in [-0.1, -0.05) is 12.1 Å². The van der Waals surface area contributed by atoms with Gasteiger partial charge in [-0.2, -0.15) is 0 Å². The highest BCUT2D eigenvalue weighted by Crippen LogP contribution is 2.14. The summed E-state index contributed by atoms with van der Waals surface area (Å²) >= 11 is 1.33. The molecule has 0 bridgehead atoms. The highest BCUT2D eigenvalue weighted by atomic mass is 32.1. The minimum Gasteiger partial charge on any atom is -0.499 e. The fourth-order valence-electron chi connectivity index (χ4n) is 1.07. The SMILES string of the molecule is Oc1cccs1.c1ccc2ocnc2c1. The van der Waals surface area contributed by atoms with Crippen molar-refractivity contribution >= 4 is 22.4 Å². The number of thiophene rings is 1. The zero-order valence-electron chi connectivity index (χ0n) is 7.83. The number of oxazole rings is 1. The molecule has 0 amide bonds. The monoisotopic (exact) mass is 219 g/mol. The van der Waals surface area contributed by atoms with Gasteiger partial charge < -0.3 is 9.52 Å². The molecule has 0 atom stereocenters. The van der Waals surface area contributed by atoms with E-state index >= 15 is 0 Å². The van der Waals surface area contributed by atoms with E-state index in [0.717, 1.165) is 11.1 Å². The Morgan fingerprint density at radius 3 is 2.60 bits per heavy atom. The maximum atomic E-state index is 8.49. The lowest BCUT2D eigenvalue weighted by Crippen LogP contribution is -1.61. The summed E-state index contributed by atoms with van der Waals surface area (Å²) in [7, 11) is 0. The van der Waals surface area contributed by atoms with Crippen LogP contribution in [0.3, 0.4) is 0 Å². The van der Waals surface area contributed by atoms with E-state index in [1.165, 1.54) is 17.7 Å². The van der Waals surface area contributed by atoms with E-state index in [0.29, 0.717) is 5.06 Å². The molecule has 3 rings (SSSR count). The lowest BCUT2D eigenvalue weighted by atomic mass is 10.3. The van der Waals surface area contributed by atoms with Gasteiger partial charge in [0.15, 0.2) is 17.0 Å². The van der Waals surface area contributed by atoms with Gasteiger partial charge in [-0.05, 0) is 29.6 Å². The Kier molecular flexibility index (Phi) is 2.99. The quantitative estimate of drug-likeness (QED) is 0.631. The van der Waals surface area contributed by atoms with Crippen molar-refractivity contribution in [3.8, 4) is 5.06 Å². The maximum absolute atomic E-state index is 8.49. The minimum absolute atomic E-state index is 0.384. The minimum atomic E-state index is 0.384.